The number of sulfonamides is 1. The van der Waals surface area contributed by atoms with Gasteiger partial charge in [0.05, 0.1) is 6.26 Å². The third-order valence-corrected chi connectivity index (χ3v) is 2.65. The Kier molecular flexibility index (Phi) is 3.45. The zero-order valence-corrected chi connectivity index (χ0v) is 10.5. The van der Waals surface area contributed by atoms with E-state index in [1.54, 1.807) is 18.6 Å². The minimum absolute atomic E-state index is 0.242. The van der Waals surface area contributed by atoms with Gasteiger partial charge >= 0.3 is 0 Å². The summed E-state index contributed by atoms with van der Waals surface area (Å²) >= 11 is 0. The number of benzene rings is 1. The van der Waals surface area contributed by atoms with Gasteiger partial charge in [-0.2, -0.15) is 0 Å². The molecule has 0 saturated heterocycles. The Balaban J connectivity index is 3.30. The Hall–Kier alpha value is -1.21. The Morgan fingerprint density at radius 3 is 1.94 bits per heavy atom. The highest BCUT2D eigenvalue weighted by Gasteiger charge is 2.20. The van der Waals surface area contributed by atoms with Crippen LogP contribution in [0.25, 0.3) is 0 Å². The molecule has 0 aliphatic rings. The molecule has 3 N–H and O–H groups in total. The van der Waals surface area contributed by atoms with Gasteiger partial charge in [-0.1, -0.05) is 0 Å². The predicted octanol–water partition coefficient (Wildman–Crippen LogP) is 1.53. The topological polar surface area (TPSA) is 72.2 Å². The second-order valence-electron chi connectivity index (χ2n) is 4.41. The Morgan fingerprint density at radius 2 is 1.65 bits per heavy atom. The molecule has 7 heteroatoms. The summed E-state index contributed by atoms with van der Waals surface area (Å²) in [5.41, 5.74) is 4.34. The first-order valence-corrected chi connectivity index (χ1v) is 6.66. The van der Waals surface area contributed by atoms with Crippen LogP contribution >= 0.6 is 0 Å². The Bertz CT molecular complexity index is 513. The fraction of sp³-hybridized carbons (Fsp3) is 0.400. The van der Waals surface area contributed by atoms with Gasteiger partial charge in [-0.25, -0.2) is 17.2 Å². The molecule has 1 aromatic rings. The molecule has 0 aliphatic carbocycles. The van der Waals surface area contributed by atoms with E-state index in [0.29, 0.717) is 0 Å². The van der Waals surface area contributed by atoms with E-state index in [2.05, 4.69) is 0 Å². The highest BCUT2D eigenvalue weighted by molar-refractivity contribution is 7.92. The quantitative estimate of drug-likeness (QED) is 0.869. The second kappa shape index (κ2) is 4.23. The van der Waals surface area contributed by atoms with Crippen LogP contribution < -0.4 is 10.5 Å². The maximum atomic E-state index is 13.5. The molecular formula is C10H14F2N2O2S. The molecule has 0 aliphatic heterocycles. The minimum atomic E-state index is -3.73. The van der Waals surface area contributed by atoms with Crippen molar-refractivity contribution < 1.29 is 17.2 Å². The lowest BCUT2D eigenvalue weighted by Crippen LogP contribution is -2.29. The van der Waals surface area contributed by atoms with Crippen LogP contribution in [-0.4, -0.2) is 14.7 Å². The summed E-state index contributed by atoms with van der Waals surface area (Å²) in [4.78, 5) is 0. The van der Waals surface area contributed by atoms with Gasteiger partial charge in [0.25, 0.3) is 0 Å². The van der Waals surface area contributed by atoms with Gasteiger partial charge in [0.15, 0.2) is 11.6 Å². The van der Waals surface area contributed by atoms with Crippen molar-refractivity contribution in [3.8, 4) is 0 Å². The molecule has 96 valence electrons. The van der Waals surface area contributed by atoms with E-state index in [0.717, 1.165) is 18.4 Å². The molecule has 17 heavy (non-hydrogen) atoms. The van der Waals surface area contributed by atoms with Crippen molar-refractivity contribution in [2.24, 2.45) is 5.73 Å². The van der Waals surface area contributed by atoms with Crippen LogP contribution in [0.3, 0.4) is 0 Å². The molecule has 0 aromatic heterocycles. The second-order valence-corrected chi connectivity index (χ2v) is 6.16. The van der Waals surface area contributed by atoms with E-state index < -0.39 is 32.9 Å². The molecule has 0 saturated carbocycles. The van der Waals surface area contributed by atoms with Gasteiger partial charge < -0.3 is 5.73 Å². The lowest BCUT2D eigenvalue weighted by Gasteiger charge is -2.20. The van der Waals surface area contributed by atoms with Gasteiger partial charge in [-0.3, -0.25) is 4.72 Å². The van der Waals surface area contributed by atoms with Gasteiger partial charge in [0.1, 0.15) is 5.69 Å². The Morgan fingerprint density at radius 1 is 1.24 bits per heavy atom. The summed E-state index contributed by atoms with van der Waals surface area (Å²) in [5, 5.41) is 0. The molecule has 0 unspecified atom stereocenters. The van der Waals surface area contributed by atoms with Crippen LogP contribution in [0.1, 0.15) is 19.4 Å². The van der Waals surface area contributed by atoms with E-state index in [1.807, 2.05) is 0 Å². The first kappa shape index (κ1) is 13.9. The SMILES string of the molecule is CC(C)(N)c1cc(F)c(NS(C)(=O)=O)c(F)c1. The summed E-state index contributed by atoms with van der Waals surface area (Å²) in [5.74, 6) is -1.99. The maximum Gasteiger partial charge on any atom is 0.230 e. The zero-order valence-electron chi connectivity index (χ0n) is 9.71. The smallest absolute Gasteiger partial charge is 0.230 e. The number of nitrogens with two attached hydrogens (primary N) is 1. The summed E-state index contributed by atoms with van der Waals surface area (Å²) in [6.07, 6.45) is 0.812. The lowest BCUT2D eigenvalue weighted by molar-refractivity contribution is 0.528. The number of halogens is 2. The van der Waals surface area contributed by atoms with Crippen molar-refractivity contribution in [3.63, 3.8) is 0 Å². The number of hydrogen-bond acceptors (Lipinski definition) is 3. The fourth-order valence-electron chi connectivity index (χ4n) is 1.23. The van der Waals surface area contributed by atoms with Gasteiger partial charge in [-0.05, 0) is 31.5 Å². The van der Waals surface area contributed by atoms with E-state index in [1.165, 1.54) is 0 Å². The van der Waals surface area contributed by atoms with Gasteiger partial charge in [0, 0.05) is 5.54 Å². The average molecular weight is 264 g/mol. The molecule has 0 heterocycles. The average Bonchev–Trinajstić information content (AvgIpc) is 2.07. The summed E-state index contributed by atoms with van der Waals surface area (Å²) in [7, 11) is -3.73. The standard InChI is InChI=1S/C10H14F2N2O2S/c1-10(2,13)6-4-7(11)9(8(12)5-6)14-17(3,15)16/h4-5,14H,13H2,1-3H3. The summed E-state index contributed by atoms with van der Waals surface area (Å²) < 4.78 is 50.7. The molecular weight excluding hydrogens is 250 g/mol. The molecule has 0 amide bonds. The molecule has 0 radical (unpaired) electrons. The third kappa shape index (κ3) is 3.64. The van der Waals surface area contributed by atoms with Crippen molar-refractivity contribution in [2.45, 2.75) is 19.4 Å². The van der Waals surface area contributed by atoms with Crippen molar-refractivity contribution in [1.29, 1.82) is 0 Å². The van der Waals surface area contributed by atoms with Crippen molar-refractivity contribution >= 4 is 15.7 Å². The largest absolute Gasteiger partial charge is 0.322 e. The van der Waals surface area contributed by atoms with E-state index in [4.69, 9.17) is 5.73 Å². The van der Waals surface area contributed by atoms with E-state index in [-0.39, 0.29) is 5.56 Å². The van der Waals surface area contributed by atoms with Crippen LogP contribution in [0.15, 0.2) is 12.1 Å². The van der Waals surface area contributed by atoms with Crippen molar-refractivity contribution in [1.82, 2.24) is 0 Å². The predicted molar refractivity (Wildman–Crippen MR) is 62.0 cm³/mol. The fourth-order valence-corrected chi connectivity index (χ4v) is 1.79. The molecule has 0 atom stereocenters. The van der Waals surface area contributed by atoms with Crippen LogP contribution in [0.4, 0.5) is 14.5 Å². The maximum absolute atomic E-state index is 13.5. The van der Waals surface area contributed by atoms with Gasteiger partial charge in [-0.15, -0.1) is 0 Å². The monoisotopic (exact) mass is 264 g/mol. The molecule has 1 aromatic carbocycles. The first-order chi connectivity index (χ1) is 7.50. The first-order valence-electron chi connectivity index (χ1n) is 4.77. The van der Waals surface area contributed by atoms with Gasteiger partial charge in [0.2, 0.25) is 10.0 Å². The van der Waals surface area contributed by atoms with Crippen molar-refractivity contribution in [2.75, 3.05) is 11.0 Å². The zero-order chi connectivity index (χ0) is 13.4. The number of anilines is 1. The molecule has 1 rings (SSSR count). The Labute approximate surface area is 98.9 Å². The number of hydrogen-bond donors (Lipinski definition) is 2. The highest BCUT2D eigenvalue weighted by Crippen LogP contribution is 2.26. The molecule has 0 spiro atoms. The van der Waals surface area contributed by atoms with Crippen LogP contribution in [0.2, 0.25) is 0 Å². The number of nitrogens with one attached hydrogen (secondary N) is 1. The van der Waals surface area contributed by atoms with E-state index >= 15 is 0 Å². The molecule has 0 fully saturated rings. The number of rotatable bonds is 3. The van der Waals surface area contributed by atoms with Crippen LogP contribution in [-0.2, 0) is 15.6 Å². The van der Waals surface area contributed by atoms with Crippen LogP contribution in [0.5, 0.6) is 0 Å². The lowest BCUT2D eigenvalue weighted by atomic mass is 9.95. The summed E-state index contributed by atoms with van der Waals surface area (Å²) in [6.45, 7) is 3.18. The summed E-state index contributed by atoms with van der Waals surface area (Å²) in [6, 6.07) is 2.02. The normalized spacial score (nSPS) is 12.6. The molecule has 4 nitrogen and oxygen atoms in total. The van der Waals surface area contributed by atoms with E-state index in [9.17, 15) is 17.2 Å². The van der Waals surface area contributed by atoms with Crippen LogP contribution in [0, 0.1) is 11.6 Å². The minimum Gasteiger partial charge on any atom is -0.322 e. The van der Waals surface area contributed by atoms with Crippen molar-refractivity contribution in [3.05, 3.63) is 29.3 Å². The highest BCUT2D eigenvalue weighted by atomic mass is 32.2. The molecule has 0 bridgehead atoms. The third-order valence-electron chi connectivity index (χ3n) is 2.07.